The lowest BCUT2D eigenvalue weighted by molar-refractivity contribution is -0.396. The first-order valence-electron chi connectivity index (χ1n) is 13.7. The summed E-state index contributed by atoms with van der Waals surface area (Å²) in [5.74, 6) is -3.03. The third-order valence-corrected chi connectivity index (χ3v) is 7.43. The highest BCUT2D eigenvalue weighted by Gasteiger charge is 2.40. The molecule has 0 amide bonds. The van der Waals surface area contributed by atoms with Crippen molar-refractivity contribution < 1.29 is 55.5 Å². The predicted octanol–water partition coefficient (Wildman–Crippen LogP) is 8.43. The van der Waals surface area contributed by atoms with Gasteiger partial charge in [-0.2, -0.15) is 26.3 Å². The van der Waals surface area contributed by atoms with Gasteiger partial charge in [0, 0.05) is 29.7 Å². The fourth-order valence-electron chi connectivity index (χ4n) is 4.72. The molecule has 0 fully saturated rings. The zero-order valence-electron chi connectivity index (χ0n) is 25.6. The van der Waals surface area contributed by atoms with Crippen molar-refractivity contribution in [2.24, 2.45) is 0 Å². The monoisotopic (exact) mass is 726 g/mol. The lowest BCUT2D eigenvalue weighted by Gasteiger charge is -2.27. The van der Waals surface area contributed by atoms with Gasteiger partial charge in [-0.15, -0.1) is 0 Å². The molecule has 0 aliphatic heterocycles. The summed E-state index contributed by atoms with van der Waals surface area (Å²) in [4.78, 5) is 41.1. The highest BCUT2D eigenvalue weighted by atomic mass is 19.4. The molecule has 4 aromatic carbocycles. The smallest absolute Gasteiger partial charge is 0.416 e. The van der Waals surface area contributed by atoms with E-state index in [4.69, 9.17) is 20.9 Å². The number of hydrogen-bond acceptors (Lipinski definition) is 12. The SMILES string of the molecule is CC(C)(c1ccc(Oc2c([N+](=O)[O-])cc(C(F)(F)F)cc2[N+](=O)[O-])c(N)c1)c1ccc(Oc2c([N+](=O)[O-])cc(C(F)(F)F)cc2[N+](=O)[O-])c(N)c1. The van der Waals surface area contributed by atoms with Gasteiger partial charge in [0.05, 0.1) is 42.2 Å². The molecule has 4 rings (SSSR count). The van der Waals surface area contributed by atoms with Crippen LogP contribution in [0, 0.1) is 40.5 Å². The van der Waals surface area contributed by atoms with Crippen molar-refractivity contribution in [1.82, 2.24) is 0 Å². The van der Waals surface area contributed by atoms with Crippen LogP contribution in [0.3, 0.4) is 0 Å². The van der Waals surface area contributed by atoms with Crippen LogP contribution in [0.4, 0.5) is 60.5 Å². The quantitative estimate of drug-likeness (QED) is 0.0677. The molecule has 4 aromatic rings. The fourth-order valence-corrected chi connectivity index (χ4v) is 4.72. The summed E-state index contributed by atoms with van der Waals surface area (Å²) < 4.78 is 90.3. The normalized spacial score (nSPS) is 11.9. The van der Waals surface area contributed by atoms with E-state index >= 15 is 0 Å². The number of rotatable bonds is 10. The number of nitro groups is 4. The molecule has 0 aliphatic rings. The number of nitrogen functional groups attached to an aromatic ring is 2. The van der Waals surface area contributed by atoms with Crippen LogP contribution in [0.1, 0.15) is 36.1 Å². The minimum absolute atomic E-state index is 0.0712. The number of nitro benzene ring substituents is 4. The summed E-state index contributed by atoms with van der Waals surface area (Å²) in [5, 5.41) is 46.3. The molecule has 16 nitrogen and oxygen atoms in total. The van der Waals surface area contributed by atoms with E-state index < -0.39 is 94.3 Å². The maximum absolute atomic E-state index is 13.3. The molecule has 0 bridgehead atoms. The second kappa shape index (κ2) is 12.9. The van der Waals surface area contributed by atoms with Crippen molar-refractivity contribution in [3.63, 3.8) is 0 Å². The van der Waals surface area contributed by atoms with Gasteiger partial charge in [-0.05, 0) is 35.4 Å². The predicted molar refractivity (Wildman–Crippen MR) is 163 cm³/mol. The Balaban J connectivity index is 1.71. The molecule has 0 heterocycles. The van der Waals surface area contributed by atoms with Crippen LogP contribution in [0.5, 0.6) is 23.0 Å². The van der Waals surface area contributed by atoms with E-state index in [0.717, 1.165) is 12.1 Å². The van der Waals surface area contributed by atoms with Crippen LogP contribution in [-0.4, -0.2) is 19.7 Å². The van der Waals surface area contributed by atoms with Crippen LogP contribution in [0.25, 0.3) is 0 Å². The number of halogens is 6. The Hall–Kier alpha value is -6.74. The first-order chi connectivity index (χ1) is 23.4. The highest BCUT2D eigenvalue weighted by Crippen LogP contribution is 2.48. The van der Waals surface area contributed by atoms with Crippen LogP contribution < -0.4 is 20.9 Å². The van der Waals surface area contributed by atoms with Gasteiger partial charge in [0.1, 0.15) is 0 Å². The Morgan fingerprint density at radius 3 is 1.00 bits per heavy atom. The van der Waals surface area contributed by atoms with Crippen molar-refractivity contribution in [3.8, 4) is 23.0 Å². The minimum Gasteiger partial charge on any atom is -0.442 e. The second-order valence-corrected chi connectivity index (χ2v) is 11.0. The maximum atomic E-state index is 13.3. The van der Waals surface area contributed by atoms with Gasteiger partial charge in [-0.3, -0.25) is 40.5 Å². The zero-order valence-corrected chi connectivity index (χ0v) is 25.6. The van der Waals surface area contributed by atoms with E-state index in [1.54, 1.807) is 13.8 Å². The molecular formula is C29H20F6N6O10. The minimum atomic E-state index is -5.16. The molecule has 4 N–H and O–H groups in total. The largest absolute Gasteiger partial charge is 0.442 e. The second-order valence-electron chi connectivity index (χ2n) is 11.0. The first-order valence-corrected chi connectivity index (χ1v) is 13.7. The molecule has 0 aliphatic carbocycles. The maximum Gasteiger partial charge on any atom is 0.416 e. The molecule has 0 saturated heterocycles. The number of alkyl halides is 6. The number of ether oxygens (including phenoxy) is 2. The molecule has 0 spiro atoms. The molecule has 51 heavy (non-hydrogen) atoms. The average Bonchev–Trinajstić information content (AvgIpc) is 3.01. The number of benzene rings is 4. The lowest BCUT2D eigenvalue weighted by Crippen LogP contribution is -2.19. The average molecular weight is 726 g/mol. The number of anilines is 2. The fraction of sp³-hybridized carbons (Fsp3) is 0.172. The summed E-state index contributed by atoms with van der Waals surface area (Å²) in [6, 6.07) is 7.86. The van der Waals surface area contributed by atoms with Gasteiger partial charge in [0.2, 0.25) is 0 Å². The molecule has 0 saturated carbocycles. The Morgan fingerprint density at radius 2 is 0.784 bits per heavy atom. The topological polar surface area (TPSA) is 243 Å². The summed E-state index contributed by atoms with van der Waals surface area (Å²) in [5.41, 5.74) is 2.58. The van der Waals surface area contributed by atoms with Gasteiger partial charge < -0.3 is 20.9 Å². The molecule has 268 valence electrons. The Bertz CT molecular complexity index is 1900. The Morgan fingerprint density at radius 1 is 0.510 bits per heavy atom. The third kappa shape index (κ3) is 7.47. The van der Waals surface area contributed by atoms with Crippen LogP contribution >= 0.6 is 0 Å². The van der Waals surface area contributed by atoms with Crippen molar-refractivity contribution in [1.29, 1.82) is 0 Å². The first kappa shape index (κ1) is 37.1. The van der Waals surface area contributed by atoms with Crippen molar-refractivity contribution in [3.05, 3.63) is 123 Å². The molecule has 0 aromatic heterocycles. The molecule has 0 atom stereocenters. The van der Waals surface area contributed by atoms with E-state index in [1.165, 1.54) is 24.3 Å². The number of hydrogen-bond donors (Lipinski definition) is 2. The molecule has 0 unspecified atom stereocenters. The van der Waals surface area contributed by atoms with E-state index in [0.29, 0.717) is 11.1 Å². The molecule has 0 radical (unpaired) electrons. The Kier molecular flexibility index (Phi) is 9.41. The summed E-state index contributed by atoms with van der Waals surface area (Å²) in [7, 11) is 0. The molecule has 22 heteroatoms. The van der Waals surface area contributed by atoms with Crippen LogP contribution in [0.2, 0.25) is 0 Å². The van der Waals surface area contributed by atoms with Gasteiger partial charge in [0.15, 0.2) is 11.5 Å². The van der Waals surface area contributed by atoms with Crippen LogP contribution in [-0.2, 0) is 17.8 Å². The standard InChI is InChI=1S/C29H20F6N6O10/c1-27(2,13-3-5-23(17(36)7-13)50-25-19(38(42)43)9-15(28(30,31)32)10-20(25)39(44)45)14-4-6-24(18(37)8-14)51-26-21(40(46)47)11-16(29(33,34)35)12-22(26)41(48)49/h3-12H,36-37H2,1-2H3. The van der Waals surface area contributed by atoms with Gasteiger partial charge in [0.25, 0.3) is 11.5 Å². The highest BCUT2D eigenvalue weighted by molar-refractivity contribution is 5.68. The summed E-state index contributed by atoms with van der Waals surface area (Å²) >= 11 is 0. The Labute approximate surface area is 279 Å². The van der Waals surface area contributed by atoms with Crippen molar-refractivity contribution >= 4 is 34.1 Å². The van der Waals surface area contributed by atoms with Gasteiger partial charge in [-0.25, -0.2) is 0 Å². The van der Waals surface area contributed by atoms with Gasteiger partial charge >= 0.3 is 35.1 Å². The number of nitrogens with two attached hydrogens (primary N) is 2. The number of nitrogens with zero attached hydrogens (tertiary/aromatic N) is 4. The van der Waals surface area contributed by atoms with Crippen LogP contribution in [0.15, 0.2) is 60.7 Å². The van der Waals surface area contributed by atoms with Crippen molar-refractivity contribution in [2.75, 3.05) is 11.5 Å². The van der Waals surface area contributed by atoms with Gasteiger partial charge in [-0.1, -0.05) is 26.0 Å². The van der Waals surface area contributed by atoms with E-state index in [2.05, 4.69) is 0 Å². The lowest BCUT2D eigenvalue weighted by atomic mass is 9.78. The summed E-state index contributed by atoms with van der Waals surface area (Å²) in [6.07, 6.45) is -10.3. The third-order valence-electron chi connectivity index (χ3n) is 7.43. The van der Waals surface area contributed by atoms with E-state index in [1.807, 2.05) is 0 Å². The van der Waals surface area contributed by atoms with E-state index in [-0.39, 0.29) is 35.6 Å². The molecular weight excluding hydrogens is 706 g/mol. The van der Waals surface area contributed by atoms with E-state index in [9.17, 15) is 66.8 Å². The van der Waals surface area contributed by atoms with Crippen molar-refractivity contribution in [2.45, 2.75) is 31.6 Å². The summed E-state index contributed by atoms with van der Waals surface area (Å²) in [6.45, 7) is 3.27. The zero-order chi connectivity index (χ0) is 38.4.